The molecule has 1 aliphatic heterocycles. The number of amides is 1. The Morgan fingerprint density at radius 3 is 2.65 bits per heavy atom. The fourth-order valence-corrected chi connectivity index (χ4v) is 4.01. The van der Waals surface area contributed by atoms with E-state index in [1.807, 2.05) is 24.3 Å². The fourth-order valence-electron chi connectivity index (χ4n) is 2.89. The molecule has 1 heterocycles. The summed E-state index contributed by atoms with van der Waals surface area (Å²) in [6, 6.07) is 7.11. The number of carbonyl (C=O) groups is 1. The van der Waals surface area contributed by atoms with Crippen LogP contribution in [0.25, 0.3) is 0 Å². The molecule has 0 bridgehead atoms. The van der Waals surface area contributed by atoms with Gasteiger partial charge in [-0.05, 0) is 24.0 Å². The molecular weight excluding hydrogens is 316 g/mol. The van der Waals surface area contributed by atoms with E-state index in [1.165, 1.54) is 4.31 Å². The zero-order chi connectivity index (χ0) is 16.9. The van der Waals surface area contributed by atoms with E-state index < -0.39 is 16.1 Å². The van der Waals surface area contributed by atoms with Crippen molar-refractivity contribution in [1.82, 2.24) is 9.62 Å². The van der Waals surface area contributed by atoms with Crippen molar-refractivity contribution in [2.24, 2.45) is 0 Å². The quantitative estimate of drug-likeness (QED) is 0.846. The minimum atomic E-state index is -3.37. The molecule has 2 rings (SSSR count). The van der Waals surface area contributed by atoms with Gasteiger partial charge < -0.3 is 10.1 Å². The first kappa shape index (κ1) is 17.9. The SMILES string of the molecule is COCc1ccccc1CNC(=O)[C@H]1CCCCN1S(C)(=O)=O. The zero-order valence-electron chi connectivity index (χ0n) is 13.6. The van der Waals surface area contributed by atoms with Gasteiger partial charge in [-0.25, -0.2) is 8.42 Å². The van der Waals surface area contributed by atoms with Crippen LogP contribution in [0.1, 0.15) is 30.4 Å². The molecule has 128 valence electrons. The lowest BCUT2D eigenvalue weighted by molar-refractivity contribution is -0.125. The zero-order valence-corrected chi connectivity index (χ0v) is 14.4. The van der Waals surface area contributed by atoms with Gasteiger partial charge in [0.25, 0.3) is 0 Å². The summed E-state index contributed by atoms with van der Waals surface area (Å²) in [5, 5.41) is 2.87. The predicted molar refractivity (Wildman–Crippen MR) is 88.2 cm³/mol. The molecule has 1 fully saturated rings. The van der Waals surface area contributed by atoms with Crippen LogP contribution in [0.2, 0.25) is 0 Å². The Hall–Kier alpha value is -1.44. The third-order valence-electron chi connectivity index (χ3n) is 4.05. The van der Waals surface area contributed by atoms with Crippen molar-refractivity contribution in [3.63, 3.8) is 0 Å². The predicted octanol–water partition coefficient (Wildman–Crippen LogP) is 1.26. The molecule has 0 unspecified atom stereocenters. The van der Waals surface area contributed by atoms with Crippen LogP contribution >= 0.6 is 0 Å². The molecule has 23 heavy (non-hydrogen) atoms. The molecule has 1 amide bonds. The summed E-state index contributed by atoms with van der Waals surface area (Å²) >= 11 is 0. The van der Waals surface area contributed by atoms with Crippen molar-refractivity contribution in [2.75, 3.05) is 19.9 Å². The second-order valence-electron chi connectivity index (χ2n) is 5.80. The van der Waals surface area contributed by atoms with Crippen molar-refractivity contribution >= 4 is 15.9 Å². The highest BCUT2D eigenvalue weighted by atomic mass is 32.2. The Morgan fingerprint density at radius 1 is 1.30 bits per heavy atom. The van der Waals surface area contributed by atoms with Crippen LogP contribution < -0.4 is 5.32 Å². The number of rotatable bonds is 6. The summed E-state index contributed by atoms with van der Waals surface area (Å²) in [6.45, 7) is 1.26. The molecule has 0 aliphatic carbocycles. The first-order valence-corrected chi connectivity index (χ1v) is 9.58. The van der Waals surface area contributed by atoms with Gasteiger partial charge in [0.2, 0.25) is 15.9 Å². The number of nitrogens with one attached hydrogen (secondary N) is 1. The van der Waals surface area contributed by atoms with Gasteiger partial charge in [-0.1, -0.05) is 30.7 Å². The highest BCUT2D eigenvalue weighted by molar-refractivity contribution is 7.88. The molecule has 1 aromatic carbocycles. The van der Waals surface area contributed by atoms with Gasteiger partial charge in [-0.15, -0.1) is 0 Å². The third-order valence-corrected chi connectivity index (χ3v) is 5.34. The standard InChI is InChI=1S/C16H24N2O4S/c1-22-12-14-8-4-3-7-13(14)11-17-16(19)15-9-5-6-10-18(15)23(2,20)21/h3-4,7-8,15H,5-6,9-12H2,1-2H3,(H,17,19)/t15-/m1/s1. The van der Waals surface area contributed by atoms with E-state index in [1.54, 1.807) is 7.11 Å². The molecule has 0 saturated carbocycles. The summed E-state index contributed by atoms with van der Waals surface area (Å²) in [6.07, 6.45) is 3.39. The molecule has 0 spiro atoms. The van der Waals surface area contributed by atoms with E-state index in [0.717, 1.165) is 30.2 Å². The number of hydrogen-bond acceptors (Lipinski definition) is 4. The van der Waals surface area contributed by atoms with Crippen LogP contribution in [-0.4, -0.2) is 44.6 Å². The number of methoxy groups -OCH3 is 1. The van der Waals surface area contributed by atoms with Gasteiger partial charge in [-0.3, -0.25) is 4.79 Å². The molecule has 1 atom stereocenters. The summed E-state index contributed by atoms with van der Waals surface area (Å²) in [4.78, 5) is 12.4. The minimum Gasteiger partial charge on any atom is -0.380 e. The number of nitrogens with zero attached hydrogens (tertiary/aromatic N) is 1. The van der Waals surface area contributed by atoms with Crippen LogP contribution in [-0.2, 0) is 32.7 Å². The molecule has 1 aromatic rings. The normalized spacial score (nSPS) is 19.5. The Morgan fingerprint density at radius 2 is 2.00 bits per heavy atom. The number of carbonyl (C=O) groups excluding carboxylic acids is 1. The number of benzene rings is 1. The van der Waals surface area contributed by atoms with E-state index in [-0.39, 0.29) is 5.91 Å². The van der Waals surface area contributed by atoms with Crippen molar-refractivity contribution in [3.8, 4) is 0 Å². The summed E-state index contributed by atoms with van der Waals surface area (Å²) in [5.41, 5.74) is 1.99. The van der Waals surface area contributed by atoms with Gasteiger partial charge in [0, 0.05) is 20.2 Å². The van der Waals surface area contributed by atoms with Crippen molar-refractivity contribution in [1.29, 1.82) is 0 Å². The maximum Gasteiger partial charge on any atom is 0.238 e. The van der Waals surface area contributed by atoms with Gasteiger partial charge in [-0.2, -0.15) is 4.31 Å². The van der Waals surface area contributed by atoms with Crippen molar-refractivity contribution in [3.05, 3.63) is 35.4 Å². The third kappa shape index (κ3) is 4.76. The lowest BCUT2D eigenvalue weighted by Crippen LogP contribution is -2.51. The van der Waals surface area contributed by atoms with E-state index in [0.29, 0.717) is 26.1 Å². The molecule has 6 nitrogen and oxygen atoms in total. The minimum absolute atomic E-state index is 0.234. The van der Waals surface area contributed by atoms with Crippen LogP contribution in [0.3, 0.4) is 0 Å². The van der Waals surface area contributed by atoms with Crippen LogP contribution in [0, 0.1) is 0 Å². The Labute approximate surface area is 137 Å². The first-order valence-electron chi connectivity index (χ1n) is 7.73. The molecule has 0 aromatic heterocycles. The number of piperidine rings is 1. The molecule has 0 radical (unpaired) electrons. The maximum absolute atomic E-state index is 12.4. The highest BCUT2D eigenvalue weighted by Gasteiger charge is 2.34. The average molecular weight is 340 g/mol. The first-order chi connectivity index (χ1) is 10.9. The number of hydrogen-bond donors (Lipinski definition) is 1. The smallest absolute Gasteiger partial charge is 0.238 e. The van der Waals surface area contributed by atoms with E-state index in [9.17, 15) is 13.2 Å². The van der Waals surface area contributed by atoms with Crippen LogP contribution in [0.4, 0.5) is 0 Å². The highest BCUT2D eigenvalue weighted by Crippen LogP contribution is 2.20. The van der Waals surface area contributed by atoms with Crippen LogP contribution in [0.5, 0.6) is 0 Å². The van der Waals surface area contributed by atoms with Crippen molar-refractivity contribution < 1.29 is 17.9 Å². The van der Waals surface area contributed by atoms with Gasteiger partial charge in [0.1, 0.15) is 6.04 Å². The summed E-state index contributed by atoms with van der Waals surface area (Å²) in [5.74, 6) is -0.234. The van der Waals surface area contributed by atoms with Crippen LogP contribution in [0.15, 0.2) is 24.3 Å². The number of sulfonamides is 1. The van der Waals surface area contributed by atoms with Gasteiger partial charge >= 0.3 is 0 Å². The lowest BCUT2D eigenvalue weighted by atomic mass is 10.0. The summed E-state index contributed by atoms with van der Waals surface area (Å²) < 4.78 is 30.2. The van der Waals surface area contributed by atoms with E-state index in [4.69, 9.17) is 4.74 Å². The fraction of sp³-hybridized carbons (Fsp3) is 0.562. The topological polar surface area (TPSA) is 75.7 Å². The Kier molecular flexibility index (Phi) is 6.15. The molecular formula is C16H24N2O4S. The van der Waals surface area contributed by atoms with E-state index >= 15 is 0 Å². The Bertz CT molecular complexity index is 645. The van der Waals surface area contributed by atoms with Gasteiger partial charge in [0.15, 0.2) is 0 Å². The Balaban J connectivity index is 2.04. The molecule has 1 aliphatic rings. The second-order valence-corrected chi connectivity index (χ2v) is 7.74. The largest absolute Gasteiger partial charge is 0.380 e. The number of ether oxygens (including phenoxy) is 1. The van der Waals surface area contributed by atoms with Crippen molar-refractivity contribution in [2.45, 2.75) is 38.5 Å². The molecule has 1 N–H and O–H groups in total. The summed E-state index contributed by atoms with van der Waals surface area (Å²) in [7, 11) is -1.74. The van der Waals surface area contributed by atoms with E-state index in [2.05, 4.69) is 5.32 Å². The molecule has 7 heteroatoms. The maximum atomic E-state index is 12.4. The molecule has 1 saturated heterocycles. The second kappa shape index (κ2) is 7.90. The lowest BCUT2D eigenvalue weighted by Gasteiger charge is -2.32. The average Bonchev–Trinajstić information content (AvgIpc) is 2.53. The van der Waals surface area contributed by atoms with Gasteiger partial charge in [0.05, 0.1) is 12.9 Å². The monoisotopic (exact) mass is 340 g/mol.